The highest BCUT2D eigenvalue weighted by Gasteiger charge is 2.34. The van der Waals surface area contributed by atoms with Gasteiger partial charge in [-0.25, -0.2) is 9.97 Å². The predicted molar refractivity (Wildman–Crippen MR) is 216 cm³/mol. The number of pyridine rings is 1. The van der Waals surface area contributed by atoms with E-state index in [-0.39, 0.29) is 5.92 Å². The molecule has 1 atom stereocenters. The summed E-state index contributed by atoms with van der Waals surface area (Å²) in [4.78, 5) is 15.1. The summed E-state index contributed by atoms with van der Waals surface area (Å²) in [6.45, 7) is 0. The summed E-state index contributed by atoms with van der Waals surface area (Å²) < 4.78 is 2.35. The molecule has 0 radical (unpaired) electrons. The van der Waals surface area contributed by atoms with Gasteiger partial charge in [0.1, 0.15) is 0 Å². The molecule has 0 amide bonds. The lowest BCUT2D eigenvalue weighted by molar-refractivity contribution is 0.834. The van der Waals surface area contributed by atoms with Crippen molar-refractivity contribution in [3.8, 4) is 39.6 Å². The number of para-hydroxylation sites is 2. The lowest BCUT2D eigenvalue weighted by Gasteiger charge is -2.36. The first-order valence-corrected chi connectivity index (χ1v) is 18.2. The van der Waals surface area contributed by atoms with Crippen molar-refractivity contribution in [2.24, 2.45) is 5.92 Å². The van der Waals surface area contributed by atoms with Crippen LogP contribution in [0.2, 0.25) is 0 Å². The monoisotopic (exact) mass is 676 g/mol. The van der Waals surface area contributed by atoms with Gasteiger partial charge in [-0.15, -0.1) is 0 Å². The molecule has 0 bridgehead atoms. The van der Waals surface area contributed by atoms with Crippen LogP contribution in [-0.4, -0.2) is 19.5 Å². The van der Waals surface area contributed by atoms with Gasteiger partial charge in [0, 0.05) is 50.8 Å². The average molecular weight is 677 g/mol. The second-order valence-electron chi connectivity index (χ2n) is 14.0. The van der Waals surface area contributed by atoms with E-state index in [1.165, 1.54) is 49.7 Å². The minimum atomic E-state index is 0.213. The zero-order chi connectivity index (χ0) is 34.9. The number of rotatable bonds is 5. The summed E-state index contributed by atoms with van der Waals surface area (Å²) in [6.07, 6.45) is 21.1. The minimum Gasteiger partial charge on any atom is -0.309 e. The van der Waals surface area contributed by atoms with Crippen LogP contribution in [0.1, 0.15) is 12.1 Å². The summed E-state index contributed by atoms with van der Waals surface area (Å²) in [7, 11) is 0. The third-order valence-corrected chi connectivity index (χ3v) is 11.0. The Kier molecular flexibility index (Phi) is 6.65. The molecule has 3 aromatic heterocycles. The zero-order valence-corrected chi connectivity index (χ0v) is 28.8. The molecule has 248 valence electrons. The van der Waals surface area contributed by atoms with Crippen LogP contribution in [0.5, 0.6) is 0 Å². The molecule has 7 aromatic rings. The molecule has 1 unspecified atom stereocenters. The number of fused-ring (bicyclic) bond motifs is 3. The normalized spacial score (nSPS) is 17.0. The Hall–Kier alpha value is -6.91. The Labute approximate surface area is 307 Å². The molecule has 4 nitrogen and oxygen atoms in total. The molecule has 0 N–H and O–H groups in total. The van der Waals surface area contributed by atoms with Crippen molar-refractivity contribution in [3.05, 3.63) is 210 Å². The van der Waals surface area contributed by atoms with Crippen LogP contribution in [-0.2, 0) is 0 Å². The van der Waals surface area contributed by atoms with Crippen molar-refractivity contribution >= 4 is 27.4 Å². The molecule has 0 aliphatic heterocycles. The molecule has 0 saturated heterocycles. The van der Waals surface area contributed by atoms with Crippen LogP contribution < -0.4 is 0 Å². The lowest BCUT2D eigenvalue weighted by atomic mass is 9.67. The molecule has 4 aromatic carbocycles. The van der Waals surface area contributed by atoms with Crippen molar-refractivity contribution in [1.29, 1.82) is 0 Å². The maximum absolute atomic E-state index is 5.30. The Balaban J connectivity index is 1.05. The molecule has 4 aliphatic carbocycles. The van der Waals surface area contributed by atoms with Gasteiger partial charge in [-0.2, -0.15) is 0 Å². The third-order valence-electron chi connectivity index (χ3n) is 11.0. The highest BCUT2D eigenvalue weighted by Crippen LogP contribution is 2.49. The number of aromatic nitrogens is 4. The van der Waals surface area contributed by atoms with E-state index in [0.717, 1.165) is 51.5 Å². The van der Waals surface area contributed by atoms with Gasteiger partial charge in [-0.05, 0) is 76.8 Å². The summed E-state index contributed by atoms with van der Waals surface area (Å²) >= 11 is 0. The molecule has 11 rings (SSSR count). The van der Waals surface area contributed by atoms with E-state index < -0.39 is 0 Å². The Morgan fingerprint density at radius 3 is 2.04 bits per heavy atom. The van der Waals surface area contributed by atoms with Crippen molar-refractivity contribution in [1.82, 2.24) is 19.5 Å². The van der Waals surface area contributed by atoms with Gasteiger partial charge < -0.3 is 4.57 Å². The van der Waals surface area contributed by atoms with Gasteiger partial charge in [-0.3, -0.25) is 4.98 Å². The quantitative estimate of drug-likeness (QED) is 0.182. The molecule has 0 fully saturated rings. The van der Waals surface area contributed by atoms with Gasteiger partial charge in [0.05, 0.1) is 28.1 Å². The smallest absolute Gasteiger partial charge is 0.160 e. The van der Waals surface area contributed by atoms with Crippen molar-refractivity contribution < 1.29 is 0 Å². The van der Waals surface area contributed by atoms with E-state index >= 15 is 0 Å². The molecule has 4 aliphatic rings. The highest BCUT2D eigenvalue weighted by molar-refractivity contribution is 6.09. The van der Waals surface area contributed by atoms with E-state index in [4.69, 9.17) is 9.97 Å². The Bertz CT molecular complexity index is 2820. The summed E-state index contributed by atoms with van der Waals surface area (Å²) in [5.41, 5.74) is 17.3. The number of hydrogen-bond donors (Lipinski definition) is 0. The van der Waals surface area contributed by atoms with Gasteiger partial charge in [0.25, 0.3) is 0 Å². The fourth-order valence-electron chi connectivity index (χ4n) is 8.50. The van der Waals surface area contributed by atoms with Crippen molar-refractivity contribution in [3.63, 3.8) is 0 Å². The van der Waals surface area contributed by atoms with Crippen molar-refractivity contribution in [2.75, 3.05) is 0 Å². The van der Waals surface area contributed by atoms with E-state index in [1.54, 1.807) is 0 Å². The molecular weight excluding hydrogens is 645 g/mol. The van der Waals surface area contributed by atoms with Crippen LogP contribution in [0.4, 0.5) is 0 Å². The van der Waals surface area contributed by atoms with Gasteiger partial charge in [0.15, 0.2) is 5.82 Å². The van der Waals surface area contributed by atoms with E-state index in [2.05, 4.69) is 161 Å². The van der Waals surface area contributed by atoms with Crippen LogP contribution in [0.25, 0.3) is 67.0 Å². The fraction of sp³-hybridized carbons (Fsp3) is 0.0408. The first-order chi connectivity index (χ1) is 26.3. The van der Waals surface area contributed by atoms with Crippen LogP contribution in [0.15, 0.2) is 204 Å². The average Bonchev–Trinajstić information content (AvgIpc) is 3.57. The van der Waals surface area contributed by atoms with Crippen LogP contribution in [0, 0.1) is 5.92 Å². The SMILES string of the molecule is C1=CC2=C3C(=CC=C4C=CC(c5cc(-c6ccc(-n7c8ccccc8c8ccccc87)cc6)nc(-c6ccc(-c7ccccn7)cc6)n5)=C(C=C2)C43)C1. The molecule has 0 spiro atoms. The Morgan fingerprint density at radius 1 is 0.566 bits per heavy atom. The maximum Gasteiger partial charge on any atom is 0.160 e. The Morgan fingerprint density at radius 2 is 1.26 bits per heavy atom. The standard InChI is InChI=1S/C49H32N4/c1-3-13-45-39(10-1)40-11-2-4-14-46(40)53(45)37-25-21-32(22-26-37)43-30-44(52-49(51-43)36-19-15-31(16-20-36)42-12-5-6-29-50-42)38-27-23-35-18-17-33-8-7-9-34-24-28-41(38)48(35)47(33)34/h1-7,9-30,48H,8H2. The lowest BCUT2D eigenvalue weighted by Crippen LogP contribution is -2.22. The van der Waals surface area contributed by atoms with E-state index in [9.17, 15) is 0 Å². The fourth-order valence-corrected chi connectivity index (χ4v) is 8.50. The second-order valence-corrected chi connectivity index (χ2v) is 14.0. The van der Waals surface area contributed by atoms with Gasteiger partial charge >= 0.3 is 0 Å². The first-order valence-electron chi connectivity index (χ1n) is 18.2. The molecular formula is C49H32N4. The van der Waals surface area contributed by atoms with Crippen molar-refractivity contribution in [2.45, 2.75) is 6.42 Å². The first kappa shape index (κ1) is 29.8. The van der Waals surface area contributed by atoms with Crippen LogP contribution >= 0.6 is 0 Å². The van der Waals surface area contributed by atoms with Crippen LogP contribution in [0.3, 0.4) is 0 Å². The summed E-state index contributed by atoms with van der Waals surface area (Å²) in [5.74, 6) is 0.911. The molecule has 4 heteroatoms. The second kappa shape index (κ2) is 11.8. The van der Waals surface area contributed by atoms with Gasteiger partial charge in [-0.1, -0.05) is 127 Å². The number of nitrogens with zero attached hydrogens (tertiary/aromatic N) is 4. The number of hydrogen-bond acceptors (Lipinski definition) is 3. The van der Waals surface area contributed by atoms with Gasteiger partial charge in [0.2, 0.25) is 0 Å². The number of allylic oxidation sites excluding steroid dienone is 14. The third kappa shape index (κ3) is 4.80. The van der Waals surface area contributed by atoms with E-state index in [0.29, 0.717) is 5.82 Å². The predicted octanol–water partition coefficient (Wildman–Crippen LogP) is 11.6. The molecule has 0 saturated carbocycles. The topological polar surface area (TPSA) is 43.6 Å². The zero-order valence-electron chi connectivity index (χ0n) is 28.8. The number of benzene rings is 4. The molecule has 3 heterocycles. The summed E-state index contributed by atoms with van der Waals surface area (Å²) in [5, 5.41) is 2.51. The molecule has 53 heavy (non-hydrogen) atoms. The minimum absolute atomic E-state index is 0.213. The maximum atomic E-state index is 5.30. The largest absolute Gasteiger partial charge is 0.309 e. The highest BCUT2D eigenvalue weighted by atomic mass is 15.0. The summed E-state index contributed by atoms with van der Waals surface area (Å²) in [6, 6.07) is 42.7. The van der Waals surface area contributed by atoms with E-state index in [1.807, 2.05) is 24.4 Å².